The van der Waals surface area contributed by atoms with Crippen LogP contribution in [0.1, 0.15) is 11.1 Å². The highest BCUT2D eigenvalue weighted by atomic mass is 79.9. The van der Waals surface area contributed by atoms with E-state index in [1.807, 2.05) is 24.3 Å². The molecule has 0 amide bonds. The number of hydrogen-bond donors (Lipinski definition) is 4. The summed E-state index contributed by atoms with van der Waals surface area (Å²) in [5, 5.41) is 11.3. The Hall–Kier alpha value is -2.84. The maximum Gasteiger partial charge on any atom is 0.417 e. The summed E-state index contributed by atoms with van der Waals surface area (Å²) >= 11 is 3.46. The Bertz CT molecular complexity index is 1200. The van der Waals surface area contributed by atoms with Gasteiger partial charge in [0, 0.05) is 27.5 Å². The van der Waals surface area contributed by atoms with E-state index < -0.39 is 5.76 Å². The van der Waals surface area contributed by atoms with Gasteiger partial charge in [0.2, 0.25) is 0 Å². The number of oxazole rings is 1. The van der Waals surface area contributed by atoms with Gasteiger partial charge >= 0.3 is 5.76 Å². The topological polar surface area (TPSA) is 120 Å². The van der Waals surface area contributed by atoms with E-state index in [4.69, 9.17) is 10.2 Å². The minimum Gasteiger partial charge on any atom is -0.494 e. The molecule has 0 aliphatic rings. The summed E-state index contributed by atoms with van der Waals surface area (Å²) in [5.74, 6) is -0.499. The summed E-state index contributed by atoms with van der Waals surface area (Å²) in [7, 11) is 0. The Balaban J connectivity index is 1.97. The lowest BCUT2D eigenvalue weighted by Gasteiger charge is -2.07. The van der Waals surface area contributed by atoms with Crippen molar-refractivity contribution in [2.45, 2.75) is 0 Å². The van der Waals surface area contributed by atoms with Crippen LogP contribution in [-0.4, -0.2) is 33.9 Å². The van der Waals surface area contributed by atoms with Crippen molar-refractivity contribution in [1.82, 2.24) is 9.97 Å². The minimum atomic E-state index is -0.517. The second-order valence-electron chi connectivity index (χ2n) is 5.78. The molecule has 4 rings (SSSR count). The first-order valence-electron chi connectivity index (χ1n) is 7.95. The monoisotopic (exact) mass is 414 g/mol. The van der Waals surface area contributed by atoms with Crippen LogP contribution in [0.25, 0.3) is 22.0 Å². The molecule has 0 saturated carbocycles. The lowest BCUT2D eigenvalue weighted by molar-refractivity contribution is 0.457. The Morgan fingerprint density at radius 3 is 2.81 bits per heavy atom. The molecular formula is C18H15BrN4O3. The van der Waals surface area contributed by atoms with Crippen molar-refractivity contribution in [2.75, 3.05) is 13.1 Å². The first-order valence-corrected chi connectivity index (χ1v) is 8.74. The minimum absolute atomic E-state index is 0.0180. The molecule has 0 unspecified atom stereocenters. The van der Waals surface area contributed by atoms with Crippen molar-refractivity contribution >= 4 is 43.6 Å². The Labute approximate surface area is 155 Å². The van der Waals surface area contributed by atoms with Crippen molar-refractivity contribution in [3.05, 3.63) is 62.5 Å². The van der Waals surface area contributed by atoms with Crippen LogP contribution in [-0.2, 0) is 0 Å². The number of rotatable bonds is 4. The third-order valence-electron chi connectivity index (χ3n) is 4.07. The van der Waals surface area contributed by atoms with Gasteiger partial charge in [-0.15, -0.1) is 0 Å². The van der Waals surface area contributed by atoms with Crippen LogP contribution in [0, 0.1) is 0 Å². The molecule has 0 aliphatic heterocycles. The predicted octanol–water partition coefficient (Wildman–Crippen LogP) is 2.87. The maximum atomic E-state index is 11.4. The van der Waals surface area contributed by atoms with Crippen molar-refractivity contribution in [3.63, 3.8) is 0 Å². The summed E-state index contributed by atoms with van der Waals surface area (Å²) in [6, 6.07) is 11.0. The molecule has 8 heteroatoms. The number of nitrogens with two attached hydrogens (primary N) is 1. The summed E-state index contributed by atoms with van der Waals surface area (Å²) in [6.45, 7) is 0.766. The van der Waals surface area contributed by atoms with Crippen molar-refractivity contribution in [3.8, 4) is 5.88 Å². The lowest BCUT2D eigenvalue weighted by Crippen LogP contribution is -2.09. The molecule has 0 atom stereocenters. The lowest BCUT2D eigenvalue weighted by atomic mass is 10.0. The number of fused-ring (bicyclic) bond motifs is 2. The SMILES string of the molecule is NCCN=C(c1ccc2[nH]c(=O)oc2c1)c1c(O)[nH]c2ccc(Br)cc12. The fraction of sp³-hybridized carbons (Fsp3) is 0.111. The highest BCUT2D eigenvalue weighted by molar-refractivity contribution is 9.10. The smallest absolute Gasteiger partial charge is 0.417 e. The molecule has 0 fully saturated rings. The third-order valence-corrected chi connectivity index (χ3v) is 4.56. The molecule has 5 N–H and O–H groups in total. The van der Waals surface area contributed by atoms with E-state index in [1.54, 1.807) is 12.1 Å². The van der Waals surface area contributed by atoms with Crippen molar-refractivity contribution < 1.29 is 9.52 Å². The number of aromatic amines is 2. The largest absolute Gasteiger partial charge is 0.494 e. The number of aliphatic imine (C=N–C) groups is 1. The van der Waals surface area contributed by atoms with Gasteiger partial charge in [-0.1, -0.05) is 22.0 Å². The molecule has 0 radical (unpaired) electrons. The van der Waals surface area contributed by atoms with Crippen LogP contribution in [0.2, 0.25) is 0 Å². The van der Waals surface area contributed by atoms with Crippen LogP contribution in [0.5, 0.6) is 5.88 Å². The van der Waals surface area contributed by atoms with Crippen LogP contribution >= 0.6 is 15.9 Å². The predicted molar refractivity (Wildman–Crippen MR) is 104 cm³/mol. The fourth-order valence-electron chi connectivity index (χ4n) is 2.97. The second-order valence-corrected chi connectivity index (χ2v) is 6.70. The molecule has 0 aliphatic carbocycles. The first-order chi connectivity index (χ1) is 12.6. The molecule has 132 valence electrons. The molecule has 2 aromatic carbocycles. The molecule has 2 aromatic heterocycles. The molecule has 26 heavy (non-hydrogen) atoms. The average Bonchev–Trinajstić information content (AvgIpc) is 3.13. The Morgan fingerprint density at radius 2 is 2.00 bits per heavy atom. The number of aromatic hydroxyl groups is 1. The molecule has 2 heterocycles. The van der Waals surface area contributed by atoms with Gasteiger partial charge in [0.05, 0.1) is 23.3 Å². The van der Waals surface area contributed by atoms with Gasteiger partial charge < -0.3 is 20.2 Å². The number of nitrogens with one attached hydrogen (secondary N) is 2. The van der Waals surface area contributed by atoms with E-state index in [-0.39, 0.29) is 5.88 Å². The number of hydrogen-bond acceptors (Lipinski definition) is 5. The number of benzene rings is 2. The highest BCUT2D eigenvalue weighted by Gasteiger charge is 2.19. The molecule has 4 aromatic rings. The van der Waals surface area contributed by atoms with Crippen molar-refractivity contribution in [2.24, 2.45) is 10.7 Å². The third kappa shape index (κ3) is 2.83. The standard InChI is InChI=1S/C18H15BrN4O3/c19-10-2-4-12-11(8-10)15(17(24)22-12)16(21-6-5-20)9-1-3-13-14(7-9)26-18(25)23-13/h1-4,7-8,22,24H,5-6,20H2,(H,23,25). The molecule has 0 spiro atoms. The van der Waals surface area contributed by atoms with Gasteiger partial charge in [-0.25, -0.2) is 4.79 Å². The number of nitrogens with zero attached hydrogens (tertiary/aromatic N) is 1. The zero-order valence-electron chi connectivity index (χ0n) is 13.5. The molecule has 7 nitrogen and oxygen atoms in total. The van der Waals surface area contributed by atoms with Gasteiger partial charge in [0.1, 0.15) is 0 Å². The van der Waals surface area contributed by atoms with E-state index in [2.05, 4.69) is 30.9 Å². The normalized spacial score (nSPS) is 12.3. The van der Waals surface area contributed by atoms with Gasteiger partial charge in [-0.3, -0.25) is 9.98 Å². The first kappa shape index (κ1) is 16.6. The summed E-state index contributed by atoms with van der Waals surface area (Å²) in [6.07, 6.45) is 0. The van der Waals surface area contributed by atoms with Crippen molar-refractivity contribution in [1.29, 1.82) is 0 Å². The van der Waals surface area contributed by atoms with Gasteiger partial charge in [-0.05, 0) is 30.3 Å². The molecule has 0 bridgehead atoms. The van der Waals surface area contributed by atoms with E-state index in [1.165, 1.54) is 0 Å². The van der Waals surface area contributed by atoms with Gasteiger partial charge in [-0.2, -0.15) is 0 Å². The zero-order chi connectivity index (χ0) is 18.3. The summed E-state index contributed by atoms with van der Waals surface area (Å²) in [5.41, 5.74) is 9.30. The zero-order valence-corrected chi connectivity index (χ0v) is 15.1. The van der Waals surface area contributed by atoms with Gasteiger partial charge in [0.25, 0.3) is 0 Å². The molecule has 0 saturated heterocycles. The second kappa shape index (κ2) is 6.47. The van der Waals surface area contributed by atoms with E-state index in [0.717, 1.165) is 15.4 Å². The average molecular weight is 415 g/mol. The quantitative estimate of drug-likeness (QED) is 0.383. The Kier molecular flexibility index (Phi) is 4.14. The van der Waals surface area contributed by atoms with Crippen LogP contribution < -0.4 is 11.5 Å². The number of H-pyrrole nitrogens is 2. The number of aromatic nitrogens is 2. The molecular weight excluding hydrogens is 400 g/mol. The van der Waals surface area contributed by atoms with E-state index >= 15 is 0 Å². The highest BCUT2D eigenvalue weighted by Crippen LogP contribution is 2.32. The van der Waals surface area contributed by atoms with Crippen LogP contribution in [0.15, 0.2) is 55.1 Å². The van der Waals surface area contributed by atoms with Gasteiger partial charge in [0.15, 0.2) is 11.5 Å². The number of halogens is 1. The Morgan fingerprint density at radius 1 is 1.19 bits per heavy atom. The van der Waals surface area contributed by atoms with Crippen LogP contribution in [0.3, 0.4) is 0 Å². The van der Waals surface area contributed by atoms with E-state index in [9.17, 15) is 9.90 Å². The van der Waals surface area contributed by atoms with E-state index in [0.29, 0.717) is 41.0 Å². The fourth-order valence-corrected chi connectivity index (χ4v) is 3.33. The summed E-state index contributed by atoms with van der Waals surface area (Å²) in [4.78, 5) is 21.6. The maximum absolute atomic E-state index is 11.4. The van der Waals surface area contributed by atoms with Crippen LogP contribution in [0.4, 0.5) is 0 Å². The summed E-state index contributed by atoms with van der Waals surface area (Å²) < 4.78 is 6.03.